The number of nitrogens with zero attached hydrogens (tertiary/aromatic N) is 2. The van der Waals surface area contributed by atoms with Crippen LogP contribution in [0.15, 0.2) is 41.3 Å². The number of carbonyl (C=O) groups is 2. The molecule has 3 aliphatic heterocycles. The van der Waals surface area contributed by atoms with E-state index in [0.29, 0.717) is 54.1 Å². The van der Waals surface area contributed by atoms with Crippen LogP contribution in [0.2, 0.25) is 10.0 Å². The summed E-state index contributed by atoms with van der Waals surface area (Å²) in [4.78, 5) is 34.0. The first-order chi connectivity index (χ1) is 21.4. The van der Waals surface area contributed by atoms with Gasteiger partial charge in [0.15, 0.2) is 9.84 Å². The molecule has 2 fully saturated rings. The minimum atomic E-state index is -3.85. The maximum Gasteiger partial charge on any atom is 0.256 e. The second-order valence-corrected chi connectivity index (χ2v) is 15.0. The van der Waals surface area contributed by atoms with Crippen LogP contribution in [0.4, 0.5) is 10.1 Å². The van der Waals surface area contributed by atoms with Gasteiger partial charge in [-0.3, -0.25) is 14.5 Å². The quantitative estimate of drug-likeness (QED) is 0.287. The summed E-state index contributed by atoms with van der Waals surface area (Å²) in [6.45, 7) is 6.37. The zero-order valence-corrected chi connectivity index (χ0v) is 27.5. The fourth-order valence-corrected chi connectivity index (χ4v) is 8.79. The molecule has 1 aromatic heterocycles. The molecule has 4 heterocycles. The average molecular weight is 674 g/mol. The van der Waals surface area contributed by atoms with E-state index < -0.39 is 16.0 Å². The number of hydrogen-bond acceptors (Lipinski definition) is 5. The molecule has 8 nitrogen and oxygen atoms in total. The number of amides is 2. The number of likely N-dealkylation sites (tertiary alicyclic amines) is 2. The summed E-state index contributed by atoms with van der Waals surface area (Å²) in [5.41, 5.74) is 4.83. The molecule has 2 N–H and O–H groups in total. The number of aryl methyl sites for hydroxylation is 1. The zero-order chi connectivity index (χ0) is 32.0. The minimum Gasteiger partial charge on any atom is -0.359 e. The first-order valence-electron chi connectivity index (χ1n) is 15.1. The highest BCUT2D eigenvalue weighted by Crippen LogP contribution is 2.37. The SMILES string of the molecule is Cc1[nH]c(C=C2C(=O)Nc3ccc(S(=O)(=O)Cc4c(Cl)cccc4Cl)cc32)c(C)c1CC(=O)N1CCC[C@@H]1CN1CC[C@@H](F)C1. The van der Waals surface area contributed by atoms with Gasteiger partial charge >= 0.3 is 0 Å². The number of nitrogens with one attached hydrogen (secondary N) is 2. The van der Waals surface area contributed by atoms with E-state index in [0.717, 1.165) is 36.2 Å². The maximum absolute atomic E-state index is 13.7. The van der Waals surface area contributed by atoms with Crippen molar-refractivity contribution in [3.63, 3.8) is 0 Å². The molecule has 2 amide bonds. The minimum absolute atomic E-state index is 0.0373. The van der Waals surface area contributed by atoms with Gasteiger partial charge in [-0.25, -0.2) is 12.8 Å². The number of rotatable bonds is 8. The average Bonchev–Trinajstić information content (AvgIpc) is 3.75. The van der Waals surface area contributed by atoms with E-state index in [1.807, 2.05) is 18.7 Å². The highest BCUT2D eigenvalue weighted by molar-refractivity contribution is 7.90. The Kier molecular flexibility index (Phi) is 8.86. The molecule has 2 aromatic carbocycles. The number of hydrogen-bond donors (Lipinski definition) is 2. The summed E-state index contributed by atoms with van der Waals surface area (Å²) in [6, 6.07) is 9.45. The first-order valence-corrected chi connectivity index (χ1v) is 17.5. The van der Waals surface area contributed by atoms with Crippen LogP contribution >= 0.6 is 23.2 Å². The van der Waals surface area contributed by atoms with Crippen molar-refractivity contribution in [3.05, 3.63) is 80.1 Å². The summed E-state index contributed by atoms with van der Waals surface area (Å²) in [5.74, 6) is -0.700. The van der Waals surface area contributed by atoms with E-state index in [1.54, 1.807) is 30.3 Å². The van der Waals surface area contributed by atoms with Crippen molar-refractivity contribution in [1.82, 2.24) is 14.8 Å². The second kappa shape index (κ2) is 12.5. The number of aromatic nitrogens is 1. The number of anilines is 1. The van der Waals surface area contributed by atoms with Crippen molar-refractivity contribution >= 4 is 62.2 Å². The van der Waals surface area contributed by atoms with Crippen LogP contribution in [0.1, 0.15) is 52.9 Å². The van der Waals surface area contributed by atoms with Gasteiger partial charge in [0, 0.05) is 70.5 Å². The number of aromatic amines is 1. The lowest BCUT2D eigenvalue weighted by Crippen LogP contribution is -2.43. The van der Waals surface area contributed by atoms with Crippen LogP contribution in [0.25, 0.3) is 11.6 Å². The molecule has 0 aliphatic carbocycles. The van der Waals surface area contributed by atoms with Gasteiger partial charge in [-0.1, -0.05) is 29.3 Å². The Hall–Kier alpha value is -3.18. The fourth-order valence-electron chi connectivity index (χ4n) is 6.67. The number of carbonyl (C=O) groups excluding carboxylic acids is 2. The molecule has 238 valence electrons. The molecule has 0 bridgehead atoms. The van der Waals surface area contributed by atoms with Gasteiger partial charge in [0.25, 0.3) is 5.91 Å². The van der Waals surface area contributed by atoms with E-state index >= 15 is 0 Å². The number of halogens is 3. The molecule has 12 heteroatoms. The second-order valence-electron chi connectivity index (χ2n) is 12.2. The Bertz CT molecular complexity index is 1800. The number of alkyl halides is 1. The number of sulfone groups is 1. The third-order valence-electron chi connectivity index (χ3n) is 9.16. The normalized spacial score (nSPS) is 21.1. The monoisotopic (exact) mass is 672 g/mol. The molecular formula is C33H35Cl2FN4O4S. The lowest BCUT2D eigenvalue weighted by Gasteiger charge is -2.28. The third kappa shape index (κ3) is 6.43. The van der Waals surface area contributed by atoms with Crippen LogP contribution in [-0.2, 0) is 31.6 Å². The number of H-pyrrole nitrogens is 1. The van der Waals surface area contributed by atoms with Crippen LogP contribution < -0.4 is 5.32 Å². The predicted molar refractivity (Wildman–Crippen MR) is 175 cm³/mol. The van der Waals surface area contributed by atoms with Gasteiger partial charge < -0.3 is 15.2 Å². The van der Waals surface area contributed by atoms with Gasteiger partial charge in [-0.2, -0.15) is 0 Å². The zero-order valence-electron chi connectivity index (χ0n) is 25.1. The van der Waals surface area contributed by atoms with Crippen LogP contribution in [0.3, 0.4) is 0 Å². The van der Waals surface area contributed by atoms with Crippen molar-refractivity contribution in [2.24, 2.45) is 0 Å². The molecule has 45 heavy (non-hydrogen) atoms. The maximum atomic E-state index is 13.7. The Morgan fingerprint density at radius 2 is 1.84 bits per heavy atom. The molecule has 2 atom stereocenters. The standard InChI is InChI=1S/C33H35Cl2FN4O4S/c1-19-24(15-32(41)40-11-4-5-22(40)17-39-12-10-21(36)16-39)20(2)37-31(19)14-26-25-13-23(8-9-30(25)38-33(26)42)45(43,44)18-27-28(34)6-3-7-29(27)35/h3,6-9,13-14,21-22,37H,4-5,10-12,15-18H2,1-2H3,(H,38,42)/t21-,22-/m1/s1. The van der Waals surface area contributed by atoms with Gasteiger partial charge in [0.1, 0.15) is 6.17 Å². The summed E-state index contributed by atoms with van der Waals surface area (Å²) in [5, 5.41) is 3.34. The van der Waals surface area contributed by atoms with Crippen LogP contribution in [0.5, 0.6) is 0 Å². The fraction of sp³-hybridized carbons (Fsp3) is 0.394. The molecule has 3 aliphatic rings. The van der Waals surface area contributed by atoms with E-state index in [-0.39, 0.29) is 45.0 Å². The third-order valence-corrected chi connectivity index (χ3v) is 11.5. The van der Waals surface area contributed by atoms with Gasteiger partial charge in [0.2, 0.25) is 5.91 Å². The van der Waals surface area contributed by atoms with Gasteiger partial charge in [-0.05, 0) is 80.6 Å². The molecule has 6 rings (SSSR count). The van der Waals surface area contributed by atoms with Crippen molar-refractivity contribution in [2.45, 2.75) is 62.4 Å². The lowest BCUT2D eigenvalue weighted by molar-refractivity contribution is -0.131. The number of benzene rings is 2. The van der Waals surface area contributed by atoms with Crippen LogP contribution in [0, 0.1) is 13.8 Å². The molecule has 3 aromatic rings. The Morgan fingerprint density at radius 1 is 1.09 bits per heavy atom. The van der Waals surface area contributed by atoms with E-state index in [9.17, 15) is 22.4 Å². The molecular weight excluding hydrogens is 638 g/mol. The molecule has 0 radical (unpaired) electrons. The van der Waals surface area contributed by atoms with E-state index in [1.165, 1.54) is 12.1 Å². The highest BCUT2D eigenvalue weighted by Gasteiger charge is 2.33. The Labute approximate surface area is 272 Å². The summed E-state index contributed by atoms with van der Waals surface area (Å²) in [6.07, 6.45) is 3.54. The topological polar surface area (TPSA) is 103 Å². The summed E-state index contributed by atoms with van der Waals surface area (Å²) in [7, 11) is -3.85. The van der Waals surface area contributed by atoms with Crippen molar-refractivity contribution in [3.8, 4) is 0 Å². The molecule has 0 unspecified atom stereocenters. The summed E-state index contributed by atoms with van der Waals surface area (Å²) >= 11 is 12.5. The lowest BCUT2D eigenvalue weighted by atomic mass is 10.0. The molecule has 0 saturated carbocycles. The largest absolute Gasteiger partial charge is 0.359 e. The van der Waals surface area contributed by atoms with Crippen LogP contribution in [-0.4, -0.2) is 73.4 Å². The smallest absolute Gasteiger partial charge is 0.256 e. The van der Waals surface area contributed by atoms with E-state index in [4.69, 9.17) is 23.2 Å². The van der Waals surface area contributed by atoms with Gasteiger partial charge in [0.05, 0.1) is 22.6 Å². The highest BCUT2D eigenvalue weighted by atomic mass is 35.5. The van der Waals surface area contributed by atoms with E-state index in [2.05, 4.69) is 15.2 Å². The molecule has 2 saturated heterocycles. The van der Waals surface area contributed by atoms with Crippen molar-refractivity contribution in [1.29, 1.82) is 0 Å². The Balaban J connectivity index is 1.23. The number of fused-ring (bicyclic) bond motifs is 1. The van der Waals surface area contributed by atoms with Crippen molar-refractivity contribution in [2.75, 3.05) is 31.5 Å². The predicted octanol–water partition coefficient (Wildman–Crippen LogP) is 5.98. The Morgan fingerprint density at radius 3 is 2.56 bits per heavy atom. The molecule has 0 spiro atoms. The van der Waals surface area contributed by atoms with Crippen molar-refractivity contribution < 1.29 is 22.4 Å². The van der Waals surface area contributed by atoms with Gasteiger partial charge in [-0.15, -0.1) is 0 Å². The first kappa shape index (κ1) is 31.8. The summed E-state index contributed by atoms with van der Waals surface area (Å²) < 4.78 is 40.5.